The Balaban J connectivity index is 2.41. The van der Waals surface area contributed by atoms with Crippen LogP contribution in [-0.4, -0.2) is 0 Å². The smallest absolute Gasteiger partial charge is 0.203 e. The molecule has 3 aromatic rings. The van der Waals surface area contributed by atoms with Gasteiger partial charge in [0.15, 0.2) is 11.6 Å². The van der Waals surface area contributed by atoms with Crippen molar-refractivity contribution >= 4 is 28.0 Å². The number of benzene rings is 2. The second kappa shape index (κ2) is 4.98. The Morgan fingerprint density at radius 3 is 2.62 bits per heavy atom. The van der Waals surface area contributed by atoms with Crippen molar-refractivity contribution in [3.8, 4) is 0 Å². The maximum absolute atomic E-state index is 13.8. The molecule has 1 heterocycles. The van der Waals surface area contributed by atoms with Gasteiger partial charge < -0.3 is 4.42 Å². The summed E-state index contributed by atoms with van der Waals surface area (Å²) in [5, 5.41) is -0.162. The van der Waals surface area contributed by atoms with Gasteiger partial charge in [0.25, 0.3) is 0 Å². The van der Waals surface area contributed by atoms with E-state index >= 15 is 0 Å². The first kappa shape index (κ1) is 13.2. The van der Waals surface area contributed by atoms with E-state index in [-0.39, 0.29) is 16.4 Å². The number of hydrogen-bond acceptors (Lipinski definition) is 2. The lowest BCUT2D eigenvalue weighted by Gasteiger charge is -2.03. The molecular formula is C17H10F2O2. The molecule has 0 aliphatic heterocycles. The third-order valence-electron chi connectivity index (χ3n) is 3.18. The van der Waals surface area contributed by atoms with Crippen LogP contribution >= 0.6 is 0 Å². The summed E-state index contributed by atoms with van der Waals surface area (Å²) >= 11 is 0. The van der Waals surface area contributed by atoms with Gasteiger partial charge in [0.2, 0.25) is 5.43 Å². The molecular weight excluding hydrogens is 274 g/mol. The number of rotatable bonds is 2. The lowest BCUT2D eigenvalue weighted by Crippen LogP contribution is -2.05. The molecule has 0 amide bonds. The van der Waals surface area contributed by atoms with Crippen molar-refractivity contribution in [1.82, 2.24) is 0 Å². The zero-order chi connectivity index (χ0) is 15.0. The standard InChI is InChI=1S/C17H10F2O2/c1-2-3-4-10-5-7-13-11(9-10)17(20)15-14(21-13)8-6-12(18)16(15)19/h2-9H,1H2/b4-3-. The van der Waals surface area contributed by atoms with Gasteiger partial charge >= 0.3 is 0 Å². The largest absolute Gasteiger partial charge is 0.456 e. The quantitative estimate of drug-likeness (QED) is 0.515. The van der Waals surface area contributed by atoms with E-state index < -0.39 is 17.1 Å². The van der Waals surface area contributed by atoms with Gasteiger partial charge in [-0.1, -0.05) is 30.9 Å². The van der Waals surface area contributed by atoms with Gasteiger partial charge in [-0.05, 0) is 29.8 Å². The van der Waals surface area contributed by atoms with E-state index in [9.17, 15) is 13.6 Å². The maximum Gasteiger partial charge on any atom is 0.203 e. The molecule has 0 radical (unpaired) electrons. The first-order valence-corrected chi connectivity index (χ1v) is 6.25. The topological polar surface area (TPSA) is 30.2 Å². The molecule has 104 valence electrons. The third-order valence-corrected chi connectivity index (χ3v) is 3.18. The molecule has 21 heavy (non-hydrogen) atoms. The highest BCUT2D eigenvalue weighted by atomic mass is 19.2. The lowest BCUT2D eigenvalue weighted by molar-refractivity contribution is 0.513. The van der Waals surface area contributed by atoms with E-state index in [0.717, 1.165) is 11.6 Å². The molecule has 0 bridgehead atoms. The second-order valence-corrected chi connectivity index (χ2v) is 4.52. The van der Waals surface area contributed by atoms with Crippen LogP contribution in [0.3, 0.4) is 0 Å². The van der Waals surface area contributed by atoms with Crippen LogP contribution in [0.2, 0.25) is 0 Å². The molecule has 0 N–H and O–H groups in total. The molecule has 0 atom stereocenters. The fourth-order valence-electron chi connectivity index (χ4n) is 2.18. The van der Waals surface area contributed by atoms with Gasteiger partial charge in [-0.15, -0.1) is 0 Å². The normalized spacial score (nSPS) is 11.5. The molecule has 0 aliphatic rings. The minimum atomic E-state index is -1.19. The van der Waals surface area contributed by atoms with E-state index in [4.69, 9.17) is 4.42 Å². The molecule has 0 saturated carbocycles. The Labute approximate surface area is 118 Å². The maximum atomic E-state index is 13.8. The summed E-state index contributed by atoms with van der Waals surface area (Å²) < 4.78 is 32.6. The predicted octanol–water partition coefficient (Wildman–Crippen LogP) is 4.42. The molecule has 0 saturated heterocycles. The highest BCUT2D eigenvalue weighted by Gasteiger charge is 2.15. The molecule has 2 nitrogen and oxygen atoms in total. The van der Waals surface area contributed by atoms with Crippen LogP contribution in [0, 0.1) is 11.6 Å². The van der Waals surface area contributed by atoms with Crippen LogP contribution < -0.4 is 5.43 Å². The van der Waals surface area contributed by atoms with Crippen molar-refractivity contribution in [2.45, 2.75) is 0 Å². The SMILES string of the molecule is C=C/C=C\c1ccc2oc3ccc(F)c(F)c3c(=O)c2c1. The molecule has 2 aromatic carbocycles. The summed E-state index contributed by atoms with van der Waals surface area (Å²) in [6.45, 7) is 3.56. The van der Waals surface area contributed by atoms with Gasteiger partial charge in [-0.2, -0.15) is 0 Å². The van der Waals surface area contributed by atoms with Crippen molar-refractivity contribution in [3.05, 3.63) is 76.5 Å². The summed E-state index contributed by atoms with van der Waals surface area (Å²) in [7, 11) is 0. The van der Waals surface area contributed by atoms with Crippen molar-refractivity contribution in [2.24, 2.45) is 0 Å². The van der Waals surface area contributed by atoms with Crippen molar-refractivity contribution < 1.29 is 13.2 Å². The summed E-state index contributed by atoms with van der Waals surface area (Å²) in [5.74, 6) is -2.26. The fraction of sp³-hybridized carbons (Fsp3) is 0. The van der Waals surface area contributed by atoms with Crippen LogP contribution in [-0.2, 0) is 0 Å². The average molecular weight is 284 g/mol. The van der Waals surface area contributed by atoms with Crippen LogP contribution in [0.25, 0.3) is 28.0 Å². The summed E-state index contributed by atoms with van der Waals surface area (Å²) in [6, 6.07) is 7.15. The minimum absolute atomic E-state index is 0.0285. The Bertz CT molecular complexity index is 952. The summed E-state index contributed by atoms with van der Waals surface area (Å²) in [6.07, 6.45) is 5.06. The zero-order valence-electron chi connectivity index (χ0n) is 10.9. The highest BCUT2D eigenvalue weighted by Crippen LogP contribution is 2.23. The van der Waals surface area contributed by atoms with Crippen LogP contribution in [0.4, 0.5) is 8.78 Å². The Morgan fingerprint density at radius 1 is 1.10 bits per heavy atom. The number of hydrogen-bond donors (Lipinski definition) is 0. The van der Waals surface area contributed by atoms with Crippen molar-refractivity contribution in [3.63, 3.8) is 0 Å². The number of allylic oxidation sites excluding steroid dienone is 2. The fourth-order valence-corrected chi connectivity index (χ4v) is 2.18. The molecule has 0 aliphatic carbocycles. The van der Waals surface area contributed by atoms with Gasteiger partial charge in [0.1, 0.15) is 16.6 Å². The number of fused-ring (bicyclic) bond motifs is 2. The lowest BCUT2D eigenvalue weighted by atomic mass is 10.1. The van der Waals surface area contributed by atoms with E-state index in [1.54, 1.807) is 36.4 Å². The van der Waals surface area contributed by atoms with E-state index in [1.165, 1.54) is 6.07 Å². The molecule has 0 fully saturated rings. The van der Waals surface area contributed by atoms with Crippen molar-refractivity contribution in [2.75, 3.05) is 0 Å². The van der Waals surface area contributed by atoms with Gasteiger partial charge in [0.05, 0.1) is 5.39 Å². The molecule has 0 spiro atoms. The predicted molar refractivity (Wildman–Crippen MR) is 79.1 cm³/mol. The molecule has 4 heteroatoms. The molecule has 3 rings (SSSR count). The van der Waals surface area contributed by atoms with Crippen LogP contribution in [0.15, 0.2) is 58.3 Å². The summed E-state index contributed by atoms with van der Waals surface area (Å²) in [4.78, 5) is 12.4. The van der Waals surface area contributed by atoms with Gasteiger partial charge in [-0.3, -0.25) is 4.79 Å². The van der Waals surface area contributed by atoms with Crippen LogP contribution in [0.5, 0.6) is 0 Å². The average Bonchev–Trinajstić information content (AvgIpc) is 2.49. The zero-order valence-corrected chi connectivity index (χ0v) is 10.9. The Hall–Kier alpha value is -2.75. The van der Waals surface area contributed by atoms with Gasteiger partial charge in [0, 0.05) is 0 Å². The molecule has 1 aromatic heterocycles. The van der Waals surface area contributed by atoms with E-state index in [1.807, 2.05) is 0 Å². The highest BCUT2D eigenvalue weighted by molar-refractivity contribution is 5.91. The van der Waals surface area contributed by atoms with E-state index in [2.05, 4.69) is 6.58 Å². The molecule has 0 unspecified atom stereocenters. The third kappa shape index (κ3) is 2.14. The van der Waals surface area contributed by atoms with Crippen LogP contribution in [0.1, 0.15) is 5.56 Å². The Morgan fingerprint density at radius 2 is 1.86 bits per heavy atom. The second-order valence-electron chi connectivity index (χ2n) is 4.52. The van der Waals surface area contributed by atoms with Crippen molar-refractivity contribution in [1.29, 1.82) is 0 Å². The number of halogens is 2. The minimum Gasteiger partial charge on any atom is -0.456 e. The Kier molecular flexibility index (Phi) is 3.14. The van der Waals surface area contributed by atoms with E-state index in [0.29, 0.717) is 5.58 Å². The monoisotopic (exact) mass is 284 g/mol. The first-order chi connectivity index (χ1) is 10.1. The van der Waals surface area contributed by atoms with Gasteiger partial charge in [-0.25, -0.2) is 8.78 Å². The first-order valence-electron chi connectivity index (χ1n) is 6.25. The summed E-state index contributed by atoms with van der Waals surface area (Å²) in [5.41, 5.74) is 0.512.